The summed E-state index contributed by atoms with van der Waals surface area (Å²) in [5.74, 6) is -0.0904. The van der Waals surface area contributed by atoms with Gasteiger partial charge < -0.3 is 4.42 Å². The van der Waals surface area contributed by atoms with Crippen LogP contribution in [0.25, 0.3) is 17.4 Å². The first-order valence-corrected chi connectivity index (χ1v) is 11.6. The molecular formula is C24H14Cl2N4O4S. The minimum absolute atomic E-state index is 0.00683. The van der Waals surface area contributed by atoms with Gasteiger partial charge in [0.25, 0.3) is 11.6 Å². The van der Waals surface area contributed by atoms with Crippen LogP contribution in [0.5, 0.6) is 0 Å². The molecule has 2 heterocycles. The number of anilines is 1. The molecule has 0 bridgehead atoms. The number of nitrogens with one attached hydrogen (secondary N) is 1. The molecule has 8 nitrogen and oxygen atoms in total. The third-order valence-electron chi connectivity index (χ3n) is 4.77. The molecule has 0 aliphatic rings. The van der Waals surface area contributed by atoms with Gasteiger partial charge in [-0.25, -0.2) is 4.98 Å². The van der Waals surface area contributed by atoms with E-state index in [2.05, 4.69) is 10.3 Å². The maximum atomic E-state index is 12.6. The number of nitro benzene ring substituents is 1. The Bertz CT molecular complexity index is 1490. The van der Waals surface area contributed by atoms with E-state index in [0.29, 0.717) is 27.9 Å². The molecular weight excluding hydrogens is 511 g/mol. The number of carbonyl (C=O) groups excluding carboxylic acids is 1. The maximum absolute atomic E-state index is 12.6. The Kier molecular flexibility index (Phi) is 7.27. The van der Waals surface area contributed by atoms with Crippen LogP contribution in [0.3, 0.4) is 0 Å². The van der Waals surface area contributed by atoms with Gasteiger partial charge in [-0.1, -0.05) is 35.3 Å². The van der Waals surface area contributed by atoms with Crippen molar-refractivity contribution in [1.82, 2.24) is 4.98 Å². The third-order valence-corrected chi connectivity index (χ3v) is 6.26. The number of furan rings is 1. The molecule has 4 aromatic rings. The first-order chi connectivity index (χ1) is 16.8. The number of nitriles is 1. The molecule has 0 aliphatic heterocycles. The lowest BCUT2D eigenvalue weighted by Gasteiger charge is -2.00. The second kappa shape index (κ2) is 10.5. The van der Waals surface area contributed by atoms with E-state index in [1.807, 2.05) is 18.2 Å². The Morgan fingerprint density at radius 1 is 1.20 bits per heavy atom. The largest absolute Gasteiger partial charge is 0.457 e. The zero-order valence-electron chi connectivity index (χ0n) is 17.7. The molecule has 4 rings (SSSR count). The van der Waals surface area contributed by atoms with Crippen LogP contribution in [-0.2, 0) is 11.2 Å². The SMILES string of the molecule is N#C/C(=C\c1ccc(-c2ccc(Cl)c([N+](=O)[O-])c2)o1)C(=O)Nc1ncc(Cc2ccc(Cl)cc2)s1. The molecule has 0 atom stereocenters. The van der Waals surface area contributed by atoms with Gasteiger partial charge in [-0.15, -0.1) is 11.3 Å². The number of amides is 1. The van der Waals surface area contributed by atoms with Crippen molar-refractivity contribution in [2.75, 3.05) is 5.32 Å². The molecule has 2 aromatic heterocycles. The first-order valence-electron chi connectivity index (χ1n) is 9.99. The van der Waals surface area contributed by atoms with Crippen molar-refractivity contribution in [3.05, 3.63) is 103 Å². The van der Waals surface area contributed by atoms with Crippen LogP contribution in [0, 0.1) is 21.4 Å². The van der Waals surface area contributed by atoms with Crippen LogP contribution < -0.4 is 5.32 Å². The summed E-state index contributed by atoms with van der Waals surface area (Å²) in [7, 11) is 0. The minimum atomic E-state index is -0.639. The van der Waals surface area contributed by atoms with Crippen molar-refractivity contribution in [3.63, 3.8) is 0 Å². The average Bonchev–Trinajstić information content (AvgIpc) is 3.48. The van der Waals surface area contributed by atoms with Gasteiger partial charge in [0.05, 0.1) is 4.92 Å². The summed E-state index contributed by atoms with van der Waals surface area (Å²) in [5.41, 5.74) is 1.03. The summed E-state index contributed by atoms with van der Waals surface area (Å²) in [6.07, 6.45) is 3.57. The summed E-state index contributed by atoms with van der Waals surface area (Å²) in [5, 5.41) is 24.2. The van der Waals surface area contributed by atoms with Gasteiger partial charge in [-0.2, -0.15) is 5.26 Å². The lowest BCUT2D eigenvalue weighted by atomic mass is 10.1. The zero-order chi connectivity index (χ0) is 24.9. The Morgan fingerprint density at radius 2 is 1.97 bits per heavy atom. The Balaban J connectivity index is 1.46. The molecule has 1 N–H and O–H groups in total. The van der Waals surface area contributed by atoms with E-state index in [1.54, 1.807) is 36.5 Å². The molecule has 0 saturated heterocycles. The molecule has 0 saturated carbocycles. The average molecular weight is 525 g/mol. The van der Waals surface area contributed by atoms with E-state index >= 15 is 0 Å². The fourth-order valence-electron chi connectivity index (χ4n) is 3.10. The van der Waals surface area contributed by atoms with Crippen molar-refractivity contribution in [2.45, 2.75) is 6.42 Å². The number of carbonyl (C=O) groups is 1. The number of benzene rings is 2. The second-order valence-corrected chi connectivity index (χ2v) is 9.14. The van der Waals surface area contributed by atoms with Gasteiger partial charge in [0.15, 0.2) is 5.13 Å². The maximum Gasteiger partial charge on any atom is 0.288 e. The van der Waals surface area contributed by atoms with Gasteiger partial charge in [0.2, 0.25) is 0 Å². The Labute approximate surface area is 213 Å². The molecule has 0 fully saturated rings. The lowest BCUT2D eigenvalue weighted by Crippen LogP contribution is -2.13. The number of nitro groups is 1. The van der Waals surface area contributed by atoms with Crippen LogP contribution in [-0.4, -0.2) is 15.8 Å². The highest BCUT2D eigenvalue weighted by atomic mass is 35.5. The van der Waals surface area contributed by atoms with Crippen LogP contribution in [0.15, 0.2) is 70.8 Å². The van der Waals surface area contributed by atoms with Crippen LogP contribution in [0.1, 0.15) is 16.2 Å². The zero-order valence-corrected chi connectivity index (χ0v) is 20.0. The highest BCUT2D eigenvalue weighted by molar-refractivity contribution is 7.15. The molecule has 174 valence electrons. The van der Waals surface area contributed by atoms with E-state index in [0.717, 1.165) is 10.4 Å². The summed E-state index contributed by atoms with van der Waals surface area (Å²) in [4.78, 5) is 28.3. The summed E-state index contributed by atoms with van der Waals surface area (Å²) in [6.45, 7) is 0. The number of hydrogen-bond donors (Lipinski definition) is 1. The van der Waals surface area contributed by atoms with E-state index in [1.165, 1.54) is 29.5 Å². The Hall–Kier alpha value is -3.97. The molecule has 11 heteroatoms. The van der Waals surface area contributed by atoms with E-state index in [-0.39, 0.29) is 22.0 Å². The number of rotatable bonds is 7. The monoisotopic (exact) mass is 524 g/mol. The quantitative estimate of drug-likeness (QED) is 0.123. The Morgan fingerprint density at radius 3 is 2.69 bits per heavy atom. The van der Waals surface area contributed by atoms with Gasteiger partial charge in [0.1, 0.15) is 28.2 Å². The van der Waals surface area contributed by atoms with Crippen molar-refractivity contribution in [1.29, 1.82) is 5.26 Å². The summed E-state index contributed by atoms with van der Waals surface area (Å²) in [6, 6.07) is 16.7. The number of thiazole rings is 1. The van der Waals surface area contributed by atoms with Gasteiger partial charge in [-0.3, -0.25) is 20.2 Å². The van der Waals surface area contributed by atoms with Crippen LogP contribution in [0.2, 0.25) is 10.0 Å². The molecule has 2 aromatic carbocycles. The second-order valence-electron chi connectivity index (χ2n) is 7.18. The number of aromatic nitrogens is 1. The van der Waals surface area contributed by atoms with Crippen molar-refractivity contribution in [2.24, 2.45) is 0 Å². The third kappa shape index (κ3) is 5.94. The molecule has 35 heavy (non-hydrogen) atoms. The predicted octanol–water partition coefficient (Wildman–Crippen LogP) is 6.75. The van der Waals surface area contributed by atoms with E-state index in [4.69, 9.17) is 27.6 Å². The van der Waals surface area contributed by atoms with Crippen LogP contribution >= 0.6 is 34.5 Å². The van der Waals surface area contributed by atoms with E-state index < -0.39 is 10.8 Å². The molecule has 0 spiro atoms. The van der Waals surface area contributed by atoms with E-state index in [9.17, 15) is 20.2 Å². The molecule has 1 amide bonds. The van der Waals surface area contributed by atoms with Crippen LogP contribution in [0.4, 0.5) is 10.8 Å². The highest BCUT2D eigenvalue weighted by Gasteiger charge is 2.16. The topological polar surface area (TPSA) is 122 Å². The van der Waals surface area contributed by atoms with Crippen molar-refractivity contribution < 1.29 is 14.1 Å². The minimum Gasteiger partial charge on any atom is -0.457 e. The smallest absolute Gasteiger partial charge is 0.288 e. The number of hydrogen-bond acceptors (Lipinski definition) is 7. The highest BCUT2D eigenvalue weighted by Crippen LogP contribution is 2.31. The fraction of sp³-hybridized carbons (Fsp3) is 0.0417. The van der Waals surface area contributed by atoms with Gasteiger partial charge >= 0.3 is 0 Å². The molecule has 0 aliphatic carbocycles. The summed E-state index contributed by atoms with van der Waals surface area (Å²) < 4.78 is 5.66. The lowest BCUT2D eigenvalue weighted by molar-refractivity contribution is -0.384. The summed E-state index contributed by atoms with van der Waals surface area (Å²) >= 11 is 13.1. The van der Waals surface area contributed by atoms with Gasteiger partial charge in [-0.05, 0) is 42.0 Å². The predicted molar refractivity (Wildman–Crippen MR) is 134 cm³/mol. The molecule has 0 radical (unpaired) electrons. The number of halogens is 2. The van der Waals surface area contributed by atoms with Crippen molar-refractivity contribution >= 4 is 57.3 Å². The van der Waals surface area contributed by atoms with Crippen molar-refractivity contribution in [3.8, 4) is 17.4 Å². The fourth-order valence-corrected chi connectivity index (χ4v) is 4.25. The molecule has 0 unspecified atom stereocenters. The number of nitrogens with zero attached hydrogens (tertiary/aromatic N) is 3. The standard InChI is InChI=1S/C24H14Cl2N4O4S/c25-17-4-1-14(2-5-17)9-19-13-28-24(35-19)29-23(31)16(12-27)10-18-6-8-22(34-18)15-3-7-20(26)21(11-15)30(32)33/h1-8,10-11,13H,9H2,(H,28,29,31)/b16-10+. The normalized spacial score (nSPS) is 11.2. The van der Waals surface area contributed by atoms with Gasteiger partial charge in [0, 0.05) is 40.2 Å². The first kappa shape index (κ1) is 24.2.